The molecule has 1 aromatic carbocycles. The quantitative estimate of drug-likeness (QED) is 0.885. The second-order valence-electron chi connectivity index (χ2n) is 5.28. The molecule has 0 bridgehead atoms. The van der Waals surface area contributed by atoms with E-state index < -0.39 is 11.4 Å². The average molecular weight is 258 g/mol. The van der Waals surface area contributed by atoms with Crippen molar-refractivity contribution in [2.45, 2.75) is 26.7 Å². The summed E-state index contributed by atoms with van der Waals surface area (Å²) >= 11 is 0. The van der Waals surface area contributed by atoms with Gasteiger partial charge >= 0.3 is 5.97 Å². The van der Waals surface area contributed by atoms with Gasteiger partial charge in [0, 0.05) is 18.8 Å². The maximum absolute atomic E-state index is 11.2. The smallest absolute Gasteiger partial charge is 0.324 e. The third-order valence-electron chi connectivity index (χ3n) is 3.95. The van der Waals surface area contributed by atoms with Crippen LogP contribution < -0.4 is 4.90 Å². The van der Waals surface area contributed by atoms with Crippen molar-refractivity contribution in [2.24, 2.45) is 5.41 Å². The molecule has 1 heterocycles. The fourth-order valence-electron chi connectivity index (χ4n) is 2.56. The van der Waals surface area contributed by atoms with E-state index in [4.69, 9.17) is 5.26 Å². The molecule has 100 valence electrons. The lowest BCUT2D eigenvalue weighted by Gasteiger charge is -2.36. The third kappa shape index (κ3) is 2.41. The maximum Gasteiger partial charge on any atom is 0.324 e. The van der Waals surface area contributed by atoms with Gasteiger partial charge in [-0.15, -0.1) is 0 Å². The highest BCUT2D eigenvalue weighted by Gasteiger charge is 2.42. The Bertz CT molecular complexity index is 538. The van der Waals surface area contributed by atoms with Crippen LogP contribution in [0, 0.1) is 30.6 Å². The van der Waals surface area contributed by atoms with Gasteiger partial charge in [-0.2, -0.15) is 5.26 Å². The molecule has 0 radical (unpaired) electrons. The van der Waals surface area contributed by atoms with Gasteiger partial charge in [0.25, 0.3) is 0 Å². The first-order chi connectivity index (χ1) is 8.98. The molecule has 0 aromatic heterocycles. The SMILES string of the molecule is Cc1ccc(C)c(N2CCC(C#N)(C(=O)O)CC2)c1. The van der Waals surface area contributed by atoms with Crippen LogP contribution in [0.5, 0.6) is 0 Å². The van der Waals surface area contributed by atoms with Gasteiger partial charge in [-0.3, -0.25) is 4.79 Å². The molecule has 1 aromatic rings. The third-order valence-corrected chi connectivity index (χ3v) is 3.95. The Morgan fingerprint density at radius 2 is 2.00 bits per heavy atom. The maximum atomic E-state index is 11.2. The number of aryl methyl sites for hydroxylation is 2. The summed E-state index contributed by atoms with van der Waals surface area (Å²) < 4.78 is 0. The number of carbonyl (C=O) groups is 1. The van der Waals surface area contributed by atoms with Gasteiger partial charge in [0.15, 0.2) is 5.41 Å². The first kappa shape index (κ1) is 13.4. The summed E-state index contributed by atoms with van der Waals surface area (Å²) in [4.78, 5) is 13.4. The van der Waals surface area contributed by atoms with E-state index in [1.165, 1.54) is 11.1 Å². The molecule has 0 unspecified atom stereocenters. The Labute approximate surface area is 113 Å². The van der Waals surface area contributed by atoms with E-state index in [1.807, 2.05) is 13.0 Å². The van der Waals surface area contributed by atoms with Crippen molar-refractivity contribution in [3.05, 3.63) is 29.3 Å². The molecule has 1 fully saturated rings. The average Bonchev–Trinajstić information content (AvgIpc) is 2.41. The Hall–Kier alpha value is -2.02. The monoisotopic (exact) mass is 258 g/mol. The molecule has 0 atom stereocenters. The van der Waals surface area contributed by atoms with Crippen molar-refractivity contribution < 1.29 is 9.90 Å². The van der Waals surface area contributed by atoms with Crippen LogP contribution in [0.25, 0.3) is 0 Å². The molecule has 0 amide bonds. The van der Waals surface area contributed by atoms with E-state index in [-0.39, 0.29) is 0 Å². The van der Waals surface area contributed by atoms with Crippen LogP contribution in [0.3, 0.4) is 0 Å². The summed E-state index contributed by atoms with van der Waals surface area (Å²) in [6.45, 7) is 5.33. The predicted molar refractivity (Wildman–Crippen MR) is 73.0 cm³/mol. The van der Waals surface area contributed by atoms with E-state index >= 15 is 0 Å². The molecule has 0 spiro atoms. The van der Waals surface area contributed by atoms with Gasteiger partial charge in [0.2, 0.25) is 0 Å². The summed E-state index contributed by atoms with van der Waals surface area (Å²) in [5.74, 6) is -0.990. The van der Waals surface area contributed by atoms with E-state index in [1.54, 1.807) is 0 Å². The zero-order chi connectivity index (χ0) is 14.0. The molecule has 1 aliphatic rings. The van der Waals surface area contributed by atoms with Gasteiger partial charge < -0.3 is 10.0 Å². The predicted octanol–water partition coefficient (Wildman–Crippen LogP) is 2.50. The number of rotatable bonds is 2. The van der Waals surface area contributed by atoms with Crippen LogP contribution in [0.4, 0.5) is 5.69 Å². The molecule has 0 saturated carbocycles. The van der Waals surface area contributed by atoms with Crippen molar-refractivity contribution in [1.82, 2.24) is 0 Å². The molecule has 19 heavy (non-hydrogen) atoms. The second-order valence-corrected chi connectivity index (χ2v) is 5.28. The van der Waals surface area contributed by atoms with E-state index in [9.17, 15) is 9.90 Å². The summed E-state index contributed by atoms with van der Waals surface area (Å²) in [6.07, 6.45) is 0.762. The Morgan fingerprint density at radius 1 is 1.37 bits per heavy atom. The van der Waals surface area contributed by atoms with Crippen molar-refractivity contribution in [2.75, 3.05) is 18.0 Å². The normalized spacial score (nSPS) is 17.8. The van der Waals surface area contributed by atoms with Gasteiger partial charge in [-0.05, 0) is 43.9 Å². The summed E-state index contributed by atoms with van der Waals surface area (Å²) in [6, 6.07) is 8.26. The Kier molecular flexibility index (Phi) is 3.48. The van der Waals surface area contributed by atoms with Crippen LogP contribution in [0.1, 0.15) is 24.0 Å². The van der Waals surface area contributed by atoms with Crippen LogP contribution >= 0.6 is 0 Å². The number of carboxylic acids is 1. The summed E-state index contributed by atoms with van der Waals surface area (Å²) in [5, 5.41) is 18.3. The van der Waals surface area contributed by atoms with Crippen molar-refractivity contribution in [3.8, 4) is 6.07 Å². The lowest BCUT2D eigenvalue weighted by Crippen LogP contribution is -2.43. The van der Waals surface area contributed by atoms with Crippen molar-refractivity contribution >= 4 is 11.7 Å². The minimum Gasteiger partial charge on any atom is -0.480 e. The van der Waals surface area contributed by atoms with E-state index in [0.717, 1.165) is 5.69 Å². The number of benzene rings is 1. The number of anilines is 1. The lowest BCUT2D eigenvalue weighted by atomic mass is 9.79. The molecular formula is C15H18N2O2. The number of hydrogen-bond donors (Lipinski definition) is 1. The van der Waals surface area contributed by atoms with Gasteiger partial charge in [-0.1, -0.05) is 12.1 Å². The lowest BCUT2D eigenvalue weighted by molar-refractivity contribution is -0.146. The molecule has 4 nitrogen and oxygen atoms in total. The summed E-state index contributed by atoms with van der Waals surface area (Å²) in [7, 11) is 0. The van der Waals surface area contributed by atoms with Crippen molar-refractivity contribution in [1.29, 1.82) is 5.26 Å². The largest absolute Gasteiger partial charge is 0.480 e. The van der Waals surface area contributed by atoms with Crippen LogP contribution in [0.2, 0.25) is 0 Å². The number of piperidine rings is 1. The number of aliphatic carboxylic acids is 1. The molecule has 1 saturated heterocycles. The molecule has 0 aliphatic carbocycles. The number of carboxylic acid groups (broad SMARTS) is 1. The van der Waals surface area contributed by atoms with Gasteiger partial charge in [0.1, 0.15) is 0 Å². The molecule has 4 heteroatoms. The number of hydrogen-bond acceptors (Lipinski definition) is 3. The minimum atomic E-state index is -1.20. The highest BCUT2D eigenvalue weighted by molar-refractivity contribution is 5.78. The number of nitriles is 1. The summed E-state index contributed by atoms with van der Waals surface area (Å²) in [5.41, 5.74) is 2.33. The van der Waals surface area contributed by atoms with Crippen LogP contribution in [0.15, 0.2) is 18.2 Å². The first-order valence-electron chi connectivity index (χ1n) is 6.45. The fraction of sp³-hybridized carbons (Fsp3) is 0.467. The number of nitrogens with zero attached hydrogens (tertiary/aromatic N) is 2. The Morgan fingerprint density at radius 3 is 2.53 bits per heavy atom. The highest BCUT2D eigenvalue weighted by Crippen LogP contribution is 2.34. The topological polar surface area (TPSA) is 64.3 Å². The zero-order valence-corrected chi connectivity index (χ0v) is 11.3. The van der Waals surface area contributed by atoms with Gasteiger partial charge in [-0.25, -0.2) is 0 Å². The molecule has 1 N–H and O–H groups in total. The second kappa shape index (κ2) is 4.93. The van der Waals surface area contributed by atoms with E-state index in [2.05, 4.69) is 30.0 Å². The fourth-order valence-corrected chi connectivity index (χ4v) is 2.56. The van der Waals surface area contributed by atoms with Crippen molar-refractivity contribution in [3.63, 3.8) is 0 Å². The Balaban J connectivity index is 2.19. The highest BCUT2D eigenvalue weighted by atomic mass is 16.4. The molecule has 2 rings (SSSR count). The standard InChI is InChI=1S/C15H18N2O2/c1-11-3-4-12(2)13(9-11)17-7-5-15(10-16,6-8-17)14(18)19/h3-4,9H,5-8H2,1-2H3,(H,18,19). The minimum absolute atomic E-state index is 0.381. The van der Waals surface area contributed by atoms with Crippen LogP contribution in [-0.4, -0.2) is 24.2 Å². The van der Waals surface area contributed by atoms with Gasteiger partial charge in [0.05, 0.1) is 6.07 Å². The van der Waals surface area contributed by atoms with Crippen LogP contribution in [-0.2, 0) is 4.79 Å². The first-order valence-corrected chi connectivity index (χ1v) is 6.45. The molecular weight excluding hydrogens is 240 g/mol. The van der Waals surface area contributed by atoms with E-state index in [0.29, 0.717) is 25.9 Å². The zero-order valence-electron chi connectivity index (χ0n) is 11.3. The molecule has 1 aliphatic heterocycles.